The number of aromatic nitrogens is 3. The van der Waals surface area contributed by atoms with Gasteiger partial charge in [0.1, 0.15) is 5.82 Å². The van der Waals surface area contributed by atoms with E-state index in [2.05, 4.69) is 44.5 Å². The molecule has 23 heavy (non-hydrogen) atoms. The van der Waals surface area contributed by atoms with E-state index in [4.69, 9.17) is 17.3 Å². The number of hydrogen-bond donors (Lipinski definition) is 0. The SMILES string of the molecule is S=c1n(CN2CC3CCC2C3)nc(C2CC2)n1-c1ccccc1. The molecular weight excluding hydrogens is 304 g/mol. The molecule has 0 spiro atoms. The lowest BCUT2D eigenvalue weighted by Crippen LogP contribution is -2.34. The van der Waals surface area contributed by atoms with Crippen molar-refractivity contribution in [3.63, 3.8) is 0 Å². The Bertz CT molecular complexity index is 774. The van der Waals surface area contributed by atoms with Crippen molar-refractivity contribution in [2.24, 2.45) is 5.92 Å². The number of para-hydroxylation sites is 1. The van der Waals surface area contributed by atoms with Gasteiger partial charge in [-0.15, -0.1) is 0 Å². The van der Waals surface area contributed by atoms with Crippen molar-refractivity contribution in [2.45, 2.75) is 50.7 Å². The van der Waals surface area contributed by atoms with E-state index in [0.717, 1.165) is 34.9 Å². The number of nitrogens with zero attached hydrogens (tertiary/aromatic N) is 4. The van der Waals surface area contributed by atoms with Gasteiger partial charge in [0, 0.05) is 24.2 Å². The average molecular weight is 326 g/mol. The number of fused-ring (bicyclic) bond motifs is 2. The van der Waals surface area contributed by atoms with Gasteiger partial charge in [-0.2, -0.15) is 5.10 Å². The summed E-state index contributed by atoms with van der Waals surface area (Å²) in [4.78, 5) is 2.59. The fraction of sp³-hybridized carbons (Fsp3) is 0.556. The minimum absolute atomic E-state index is 0.591. The lowest BCUT2D eigenvalue weighted by molar-refractivity contribution is 0.158. The molecule has 0 N–H and O–H groups in total. The molecule has 3 aliphatic rings. The van der Waals surface area contributed by atoms with E-state index in [9.17, 15) is 0 Å². The van der Waals surface area contributed by atoms with Gasteiger partial charge in [-0.05, 0) is 62.4 Å². The third kappa shape index (κ3) is 2.37. The van der Waals surface area contributed by atoms with Crippen LogP contribution in [0.25, 0.3) is 5.69 Å². The summed E-state index contributed by atoms with van der Waals surface area (Å²) in [5.41, 5.74) is 1.15. The van der Waals surface area contributed by atoms with Gasteiger partial charge in [-0.3, -0.25) is 9.47 Å². The van der Waals surface area contributed by atoms with E-state index in [1.807, 2.05) is 0 Å². The van der Waals surface area contributed by atoms with Gasteiger partial charge in [0.25, 0.3) is 0 Å². The molecule has 0 radical (unpaired) electrons. The molecule has 1 aromatic heterocycles. The molecule has 2 atom stereocenters. The minimum atomic E-state index is 0.591. The van der Waals surface area contributed by atoms with Crippen LogP contribution >= 0.6 is 12.2 Å². The second-order valence-electron chi connectivity index (χ2n) is 7.33. The molecule has 2 heterocycles. The van der Waals surface area contributed by atoms with Crippen LogP contribution in [0.5, 0.6) is 0 Å². The Morgan fingerprint density at radius 2 is 1.91 bits per heavy atom. The largest absolute Gasteiger partial charge is 0.281 e. The molecule has 1 aromatic carbocycles. The first-order chi connectivity index (χ1) is 11.3. The minimum Gasteiger partial charge on any atom is -0.281 e. The third-order valence-electron chi connectivity index (χ3n) is 5.66. The highest BCUT2D eigenvalue weighted by atomic mass is 32.1. The first-order valence-corrected chi connectivity index (χ1v) is 9.19. The van der Waals surface area contributed by atoms with E-state index in [0.29, 0.717) is 5.92 Å². The highest BCUT2D eigenvalue weighted by Crippen LogP contribution is 2.41. The highest BCUT2D eigenvalue weighted by molar-refractivity contribution is 7.71. The van der Waals surface area contributed by atoms with Crippen molar-refractivity contribution in [3.8, 4) is 5.69 Å². The van der Waals surface area contributed by atoms with Crippen LogP contribution in [0.1, 0.15) is 43.8 Å². The van der Waals surface area contributed by atoms with E-state index in [1.165, 1.54) is 38.6 Å². The van der Waals surface area contributed by atoms with Gasteiger partial charge in [-0.1, -0.05) is 18.2 Å². The topological polar surface area (TPSA) is 26.0 Å². The van der Waals surface area contributed by atoms with Gasteiger partial charge < -0.3 is 0 Å². The monoisotopic (exact) mass is 326 g/mol. The van der Waals surface area contributed by atoms with Crippen LogP contribution in [0.2, 0.25) is 0 Å². The first kappa shape index (κ1) is 13.9. The molecule has 0 amide bonds. The Morgan fingerprint density at radius 3 is 2.57 bits per heavy atom. The molecule has 2 saturated carbocycles. The zero-order chi connectivity index (χ0) is 15.4. The second kappa shape index (κ2) is 5.28. The van der Waals surface area contributed by atoms with Crippen LogP contribution in [0.4, 0.5) is 0 Å². The van der Waals surface area contributed by atoms with Gasteiger partial charge >= 0.3 is 0 Å². The zero-order valence-corrected chi connectivity index (χ0v) is 14.1. The van der Waals surface area contributed by atoms with Crippen LogP contribution < -0.4 is 0 Å². The van der Waals surface area contributed by atoms with Crippen molar-refractivity contribution >= 4 is 12.2 Å². The maximum Gasteiger partial charge on any atom is 0.203 e. The Kier molecular flexibility index (Phi) is 3.20. The summed E-state index contributed by atoms with van der Waals surface area (Å²) in [7, 11) is 0. The van der Waals surface area contributed by atoms with Crippen molar-refractivity contribution in [1.29, 1.82) is 0 Å². The molecule has 4 nitrogen and oxygen atoms in total. The standard InChI is InChI=1S/C18H22N4S/c23-18-21(12-20-11-13-6-9-16(20)10-13)19-17(14-7-8-14)22(18)15-4-2-1-3-5-15/h1-5,13-14,16H,6-12H2. The van der Waals surface area contributed by atoms with Gasteiger partial charge in [0.15, 0.2) is 0 Å². The third-order valence-corrected chi connectivity index (χ3v) is 6.05. The average Bonchev–Trinajstić information content (AvgIpc) is 3.09. The zero-order valence-electron chi connectivity index (χ0n) is 13.3. The molecule has 120 valence electrons. The fourth-order valence-corrected chi connectivity index (χ4v) is 4.61. The number of benzene rings is 1. The Hall–Kier alpha value is -1.46. The molecular formula is C18H22N4S. The molecule has 1 aliphatic heterocycles. The fourth-order valence-electron chi connectivity index (χ4n) is 4.31. The van der Waals surface area contributed by atoms with Crippen molar-refractivity contribution < 1.29 is 0 Å². The predicted molar refractivity (Wildman–Crippen MR) is 92.2 cm³/mol. The Labute approximate surface area is 141 Å². The van der Waals surface area contributed by atoms with Crippen molar-refractivity contribution in [1.82, 2.24) is 19.2 Å². The van der Waals surface area contributed by atoms with Crippen LogP contribution in [0.3, 0.4) is 0 Å². The predicted octanol–water partition coefficient (Wildman–Crippen LogP) is 3.72. The smallest absolute Gasteiger partial charge is 0.203 e. The first-order valence-electron chi connectivity index (χ1n) is 8.79. The van der Waals surface area contributed by atoms with E-state index < -0.39 is 0 Å². The maximum atomic E-state index is 5.80. The number of hydrogen-bond acceptors (Lipinski definition) is 3. The molecule has 2 aromatic rings. The number of rotatable bonds is 4. The highest BCUT2D eigenvalue weighted by Gasteiger charge is 2.38. The van der Waals surface area contributed by atoms with E-state index in [1.54, 1.807) is 0 Å². The van der Waals surface area contributed by atoms with Crippen molar-refractivity contribution in [2.75, 3.05) is 6.54 Å². The Morgan fingerprint density at radius 1 is 1.09 bits per heavy atom. The van der Waals surface area contributed by atoms with Crippen molar-refractivity contribution in [3.05, 3.63) is 40.9 Å². The summed E-state index contributed by atoms with van der Waals surface area (Å²) in [6.45, 7) is 2.09. The van der Waals surface area contributed by atoms with Gasteiger partial charge in [0.05, 0.1) is 6.67 Å². The van der Waals surface area contributed by atoms with E-state index >= 15 is 0 Å². The summed E-state index contributed by atoms with van der Waals surface area (Å²) in [5.74, 6) is 2.66. The molecule has 5 rings (SSSR count). The maximum absolute atomic E-state index is 5.80. The van der Waals surface area contributed by atoms with Crippen LogP contribution in [-0.4, -0.2) is 31.8 Å². The summed E-state index contributed by atoms with van der Waals surface area (Å²) >= 11 is 5.80. The lowest BCUT2D eigenvalue weighted by atomic mass is 10.1. The summed E-state index contributed by atoms with van der Waals surface area (Å²) in [5, 5.41) is 4.93. The van der Waals surface area contributed by atoms with Gasteiger partial charge in [0.2, 0.25) is 4.77 Å². The quantitative estimate of drug-likeness (QED) is 0.801. The summed E-state index contributed by atoms with van der Waals surface area (Å²) in [6, 6.07) is 11.2. The molecule has 3 fully saturated rings. The summed E-state index contributed by atoms with van der Waals surface area (Å²) < 4.78 is 5.11. The lowest BCUT2D eigenvalue weighted by Gasteiger charge is -2.26. The van der Waals surface area contributed by atoms with Crippen LogP contribution in [-0.2, 0) is 6.67 Å². The molecule has 2 aliphatic carbocycles. The van der Waals surface area contributed by atoms with E-state index in [-0.39, 0.29) is 0 Å². The molecule has 5 heteroatoms. The van der Waals surface area contributed by atoms with Crippen LogP contribution in [0, 0.1) is 10.7 Å². The molecule has 1 saturated heterocycles. The molecule has 2 unspecified atom stereocenters. The number of piperidine rings is 1. The van der Waals surface area contributed by atoms with Crippen LogP contribution in [0.15, 0.2) is 30.3 Å². The molecule has 2 bridgehead atoms. The number of likely N-dealkylation sites (tertiary alicyclic amines) is 1. The summed E-state index contributed by atoms with van der Waals surface area (Å²) in [6.07, 6.45) is 6.63. The normalized spacial score (nSPS) is 27.0. The second-order valence-corrected chi connectivity index (χ2v) is 7.70. The van der Waals surface area contributed by atoms with Gasteiger partial charge in [-0.25, -0.2) is 4.68 Å². The Balaban J connectivity index is 1.51.